The molecule has 0 amide bonds. The summed E-state index contributed by atoms with van der Waals surface area (Å²) in [5.74, 6) is 1.00. The number of likely N-dealkylation sites (N-methyl/N-ethyl adjacent to an activating group) is 1. The van der Waals surface area contributed by atoms with Gasteiger partial charge in [0.2, 0.25) is 10.0 Å². The predicted octanol–water partition coefficient (Wildman–Crippen LogP) is -0.638. The Morgan fingerprint density at radius 3 is 2.95 bits per heavy atom. The van der Waals surface area contributed by atoms with E-state index in [2.05, 4.69) is 15.3 Å². The Hall–Kier alpha value is -1.45. The summed E-state index contributed by atoms with van der Waals surface area (Å²) in [6, 6.07) is 1.22. The maximum Gasteiger partial charge on any atom is 0.253 e. The lowest BCUT2D eigenvalue weighted by molar-refractivity contribution is 0.177. The molecule has 0 aliphatic carbocycles. The fraction of sp³-hybridized carbons (Fsp3) is 0.636. The number of rotatable bonds is 5. The van der Waals surface area contributed by atoms with Crippen LogP contribution >= 0.6 is 0 Å². The van der Waals surface area contributed by atoms with Gasteiger partial charge in [-0.3, -0.25) is 4.79 Å². The monoisotopic (exact) mass is 302 g/mol. The van der Waals surface area contributed by atoms with Crippen LogP contribution in [-0.4, -0.2) is 55.2 Å². The molecule has 0 radical (unpaired) electrons. The first-order valence-electron chi connectivity index (χ1n) is 6.21. The van der Waals surface area contributed by atoms with Gasteiger partial charge in [0, 0.05) is 32.8 Å². The molecule has 2 heterocycles. The molecular weight excluding hydrogens is 284 g/mol. The third-order valence-electron chi connectivity index (χ3n) is 3.25. The van der Waals surface area contributed by atoms with E-state index >= 15 is 0 Å². The van der Waals surface area contributed by atoms with Crippen molar-refractivity contribution < 1.29 is 13.2 Å². The van der Waals surface area contributed by atoms with Crippen LogP contribution in [0.25, 0.3) is 0 Å². The van der Waals surface area contributed by atoms with E-state index < -0.39 is 10.0 Å². The molecule has 2 N–H and O–H groups in total. The third-order valence-corrected chi connectivity index (χ3v) is 5.18. The molecule has 0 bridgehead atoms. The van der Waals surface area contributed by atoms with Gasteiger partial charge < -0.3 is 15.0 Å². The number of sulfonamides is 1. The van der Waals surface area contributed by atoms with Crippen molar-refractivity contribution in [3.05, 3.63) is 22.2 Å². The van der Waals surface area contributed by atoms with E-state index in [0.717, 1.165) is 0 Å². The Labute approximate surface area is 117 Å². The number of nitrogens with zero attached hydrogens (tertiary/aromatic N) is 2. The molecule has 1 saturated heterocycles. The summed E-state index contributed by atoms with van der Waals surface area (Å²) >= 11 is 0. The Morgan fingerprint density at radius 2 is 2.35 bits per heavy atom. The summed E-state index contributed by atoms with van der Waals surface area (Å²) in [5, 5.41) is 3.00. The smallest absolute Gasteiger partial charge is 0.253 e. The highest BCUT2D eigenvalue weighted by molar-refractivity contribution is 7.89. The molecule has 1 atom stereocenters. The molecule has 1 unspecified atom stereocenters. The first-order valence-corrected chi connectivity index (χ1v) is 7.82. The van der Waals surface area contributed by atoms with Gasteiger partial charge in [0.15, 0.2) is 0 Å². The summed E-state index contributed by atoms with van der Waals surface area (Å²) in [6.07, 6.45) is 0.569. The van der Waals surface area contributed by atoms with Gasteiger partial charge in [-0.1, -0.05) is 0 Å². The fourth-order valence-electron chi connectivity index (χ4n) is 2.09. The molecule has 2 rings (SSSR count). The second kappa shape index (κ2) is 5.90. The number of ether oxygens (including phenoxy) is 1. The average Bonchev–Trinajstić information content (AvgIpc) is 2.62. The molecule has 1 aliphatic heterocycles. The maximum atomic E-state index is 11.6. The van der Waals surface area contributed by atoms with Crippen LogP contribution in [0.2, 0.25) is 0 Å². The molecule has 1 aromatic rings. The van der Waals surface area contributed by atoms with Crippen LogP contribution in [0.4, 0.5) is 5.82 Å². The number of nitrogens with one attached hydrogen (secondary N) is 2. The van der Waals surface area contributed by atoms with Crippen molar-refractivity contribution in [3.8, 4) is 0 Å². The summed E-state index contributed by atoms with van der Waals surface area (Å²) < 4.78 is 29.5. The molecular formula is C11H18N4O4S. The summed E-state index contributed by atoms with van der Waals surface area (Å²) in [6.45, 7) is 0.626. The van der Waals surface area contributed by atoms with Crippen molar-refractivity contribution in [2.75, 3.05) is 31.8 Å². The van der Waals surface area contributed by atoms with E-state index in [1.807, 2.05) is 0 Å². The van der Waals surface area contributed by atoms with Crippen molar-refractivity contribution in [1.82, 2.24) is 14.3 Å². The highest BCUT2D eigenvalue weighted by Crippen LogP contribution is 2.18. The van der Waals surface area contributed by atoms with Crippen molar-refractivity contribution in [2.24, 2.45) is 0 Å². The normalized spacial score (nSPS) is 22.0. The number of H-pyrrole nitrogens is 1. The van der Waals surface area contributed by atoms with Gasteiger partial charge in [-0.15, -0.1) is 0 Å². The lowest BCUT2D eigenvalue weighted by Gasteiger charge is -2.18. The molecule has 8 nitrogen and oxygen atoms in total. The Morgan fingerprint density at radius 1 is 1.60 bits per heavy atom. The lowest BCUT2D eigenvalue weighted by atomic mass is 10.2. The van der Waals surface area contributed by atoms with Crippen LogP contribution in [-0.2, 0) is 21.4 Å². The average molecular weight is 302 g/mol. The van der Waals surface area contributed by atoms with Gasteiger partial charge in [-0.05, 0) is 6.42 Å². The molecule has 1 aromatic heterocycles. The Kier molecular flexibility index (Phi) is 4.41. The number of anilines is 1. The van der Waals surface area contributed by atoms with Gasteiger partial charge in [0.05, 0.1) is 5.75 Å². The van der Waals surface area contributed by atoms with Gasteiger partial charge in [-0.25, -0.2) is 17.7 Å². The van der Waals surface area contributed by atoms with E-state index in [1.165, 1.54) is 17.5 Å². The van der Waals surface area contributed by atoms with Crippen LogP contribution in [0.3, 0.4) is 0 Å². The first kappa shape index (κ1) is 14.9. The van der Waals surface area contributed by atoms with E-state index in [1.54, 1.807) is 7.05 Å². The molecule has 0 saturated carbocycles. The minimum atomic E-state index is -3.12. The van der Waals surface area contributed by atoms with E-state index in [4.69, 9.17) is 4.74 Å². The van der Waals surface area contributed by atoms with Crippen LogP contribution in [0.5, 0.6) is 0 Å². The van der Waals surface area contributed by atoms with Gasteiger partial charge in [0.1, 0.15) is 18.2 Å². The molecule has 1 fully saturated rings. The van der Waals surface area contributed by atoms with E-state index in [-0.39, 0.29) is 24.0 Å². The number of methoxy groups -OCH3 is 1. The number of hydrogen-bond acceptors (Lipinski definition) is 6. The van der Waals surface area contributed by atoms with Gasteiger partial charge in [-0.2, -0.15) is 0 Å². The molecule has 1 aliphatic rings. The first-order chi connectivity index (χ1) is 9.42. The fourth-order valence-corrected chi connectivity index (χ4v) is 3.59. The molecule has 9 heteroatoms. The van der Waals surface area contributed by atoms with Crippen LogP contribution in [0.15, 0.2) is 10.9 Å². The molecule has 20 heavy (non-hydrogen) atoms. The highest BCUT2D eigenvalue weighted by atomic mass is 32.2. The highest BCUT2D eigenvalue weighted by Gasteiger charge is 2.33. The SMILES string of the molecule is COCc1nc(NCC2CCS(=O)(=O)N2C)cc(=O)[nH]1. The summed E-state index contributed by atoms with van der Waals surface area (Å²) in [7, 11) is -0.0404. The molecule has 112 valence electrons. The van der Waals surface area contributed by atoms with Crippen molar-refractivity contribution in [3.63, 3.8) is 0 Å². The second-order valence-corrected chi connectivity index (χ2v) is 6.81. The zero-order valence-electron chi connectivity index (χ0n) is 11.4. The van der Waals surface area contributed by atoms with Crippen molar-refractivity contribution in [2.45, 2.75) is 19.1 Å². The zero-order chi connectivity index (χ0) is 14.8. The van der Waals surface area contributed by atoms with Crippen LogP contribution in [0, 0.1) is 0 Å². The van der Waals surface area contributed by atoms with Crippen molar-refractivity contribution >= 4 is 15.8 Å². The number of aromatic amines is 1. The van der Waals surface area contributed by atoms with Crippen LogP contribution < -0.4 is 10.9 Å². The molecule has 0 aromatic carbocycles. The van der Waals surface area contributed by atoms with Crippen LogP contribution in [0.1, 0.15) is 12.2 Å². The largest absolute Gasteiger partial charge is 0.377 e. The predicted molar refractivity (Wildman–Crippen MR) is 74.0 cm³/mol. The number of aromatic nitrogens is 2. The zero-order valence-corrected chi connectivity index (χ0v) is 12.2. The van der Waals surface area contributed by atoms with Gasteiger partial charge >= 0.3 is 0 Å². The maximum absolute atomic E-state index is 11.6. The lowest BCUT2D eigenvalue weighted by Crippen LogP contribution is -2.34. The van der Waals surface area contributed by atoms with E-state index in [0.29, 0.717) is 24.6 Å². The standard InChI is InChI=1S/C11H18N4O4S/c1-15-8(3-4-20(15,17)18)6-12-9-5-11(16)14-10(13-9)7-19-2/h5,8H,3-4,6-7H2,1-2H3,(H2,12,13,14,16). The summed E-state index contributed by atoms with van der Waals surface area (Å²) in [4.78, 5) is 18.2. The number of hydrogen-bond donors (Lipinski definition) is 2. The van der Waals surface area contributed by atoms with Crippen molar-refractivity contribution in [1.29, 1.82) is 0 Å². The summed E-state index contributed by atoms with van der Waals surface area (Å²) in [5.41, 5.74) is -0.276. The Bertz CT molecular complexity index is 628. The van der Waals surface area contributed by atoms with E-state index in [9.17, 15) is 13.2 Å². The second-order valence-electron chi connectivity index (χ2n) is 4.67. The topological polar surface area (TPSA) is 104 Å². The minimum absolute atomic E-state index is 0.119. The Balaban J connectivity index is 2.03. The third kappa shape index (κ3) is 3.35. The van der Waals surface area contributed by atoms with Gasteiger partial charge in [0.25, 0.3) is 5.56 Å². The minimum Gasteiger partial charge on any atom is -0.377 e. The molecule has 0 spiro atoms. The quantitative estimate of drug-likeness (QED) is 0.750.